The van der Waals surface area contributed by atoms with Gasteiger partial charge in [-0.05, 0) is 30.5 Å². The number of benzene rings is 1. The zero-order chi connectivity index (χ0) is 15.8. The Morgan fingerprint density at radius 3 is 2.87 bits per heavy atom. The van der Waals surface area contributed by atoms with Crippen molar-refractivity contribution in [3.63, 3.8) is 0 Å². The van der Waals surface area contributed by atoms with Gasteiger partial charge in [-0.2, -0.15) is 0 Å². The van der Waals surface area contributed by atoms with Crippen molar-refractivity contribution in [3.8, 4) is 0 Å². The zero-order valence-corrected chi connectivity index (χ0v) is 14.3. The number of amides is 1. The minimum atomic E-state index is 0.133. The van der Waals surface area contributed by atoms with Gasteiger partial charge < -0.3 is 5.32 Å². The van der Waals surface area contributed by atoms with Crippen molar-refractivity contribution in [1.29, 1.82) is 0 Å². The molecular formula is C17H18ClN3OS. The highest BCUT2D eigenvalue weighted by Gasteiger charge is 2.30. The third-order valence-electron chi connectivity index (χ3n) is 4.31. The van der Waals surface area contributed by atoms with Crippen LogP contribution in [0, 0.1) is 5.92 Å². The van der Waals surface area contributed by atoms with Crippen LogP contribution in [-0.4, -0.2) is 22.3 Å². The molecule has 4 rings (SSSR count). The third kappa shape index (κ3) is 3.57. The molecule has 0 saturated heterocycles. The molecule has 0 atom stereocenters. The number of nitrogens with one attached hydrogen (secondary N) is 1. The minimum absolute atomic E-state index is 0.133. The van der Waals surface area contributed by atoms with E-state index in [4.69, 9.17) is 11.6 Å². The topological polar surface area (TPSA) is 45.2 Å². The summed E-state index contributed by atoms with van der Waals surface area (Å²) < 4.78 is 0. The molecule has 1 fully saturated rings. The van der Waals surface area contributed by atoms with Gasteiger partial charge in [0.15, 0.2) is 5.13 Å². The molecule has 1 saturated carbocycles. The Kier molecular flexibility index (Phi) is 4.09. The highest BCUT2D eigenvalue weighted by Crippen LogP contribution is 2.33. The number of fused-ring (bicyclic) bond motifs is 1. The molecule has 1 aliphatic heterocycles. The fraction of sp³-hybridized carbons (Fsp3) is 0.412. The van der Waals surface area contributed by atoms with Gasteiger partial charge in [0.05, 0.1) is 5.69 Å². The number of rotatable bonds is 4. The van der Waals surface area contributed by atoms with Gasteiger partial charge in [0.1, 0.15) is 0 Å². The summed E-state index contributed by atoms with van der Waals surface area (Å²) in [4.78, 5) is 20.1. The Labute approximate surface area is 144 Å². The molecule has 6 heteroatoms. The normalized spacial score (nSPS) is 17.8. The van der Waals surface area contributed by atoms with Crippen LogP contribution < -0.4 is 5.32 Å². The van der Waals surface area contributed by atoms with Crippen LogP contribution >= 0.6 is 22.9 Å². The van der Waals surface area contributed by atoms with E-state index in [9.17, 15) is 4.79 Å². The number of aromatic nitrogens is 1. The lowest BCUT2D eigenvalue weighted by Crippen LogP contribution is -2.29. The smallest absolute Gasteiger partial charge is 0.229 e. The molecule has 1 aromatic carbocycles. The lowest BCUT2D eigenvalue weighted by Gasteiger charge is -2.25. The SMILES string of the molecule is O=C(Nc1nc2c(s1)CN(Cc1ccc(Cl)cc1)CC2)C1CC1. The Hall–Kier alpha value is -1.43. The molecule has 0 radical (unpaired) electrons. The highest BCUT2D eigenvalue weighted by atomic mass is 35.5. The number of thiazole rings is 1. The highest BCUT2D eigenvalue weighted by molar-refractivity contribution is 7.15. The summed E-state index contributed by atoms with van der Waals surface area (Å²) in [5.74, 6) is 0.353. The predicted molar refractivity (Wildman–Crippen MR) is 92.7 cm³/mol. The lowest BCUT2D eigenvalue weighted by atomic mass is 10.1. The van der Waals surface area contributed by atoms with Crippen molar-refractivity contribution in [2.75, 3.05) is 11.9 Å². The second kappa shape index (κ2) is 6.23. The number of halogens is 1. The van der Waals surface area contributed by atoms with E-state index >= 15 is 0 Å². The fourth-order valence-corrected chi connectivity index (χ4v) is 4.02. The van der Waals surface area contributed by atoms with Crippen LogP contribution in [0.1, 0.15) is 29.0 Å². The summed E-state index contributed by atoms with van der Waals surface area (Å²) in [7, 11) is 0. The van der Waals surface area contributed by atoms with E-state index in [-0.39, 0.29) is 11.8 Å². The average molecular weight is 348 g/mol. The summed E-state index contributed by atoms with van der Waals surface area (Å²) in [6.45, 7) is 2.81. The van der Waals surface area contributed by atoms with Gasteiger partial charge in [-0.15, -0.1) is 11.3 Å². The zero-order valence-electron chi connectivity index (χ0n) is 12.7. The van der Waals surface area contributed by atoms with Gasteiger partial charge in [-0.25, -0.2) is 4.98 Å². The molecule has 1 aliphatic carbocycles. The summed E-state index contributed by atoms with van der Waals surface area (Å²) >= 11 is 7.56. The van der Waals surface area contributed by atoms with Crippen molar-refractivity contribution in [3.05, 3.63) is 45.4 Å². The fourth-order valence-electron chi connectivity index (χ4n) is 2.84. The lowest BCUT2D eigenvalue weighted by molar-refractivity contribution is -0.117. The number of nitrogens with zero attached hydrogens (tertiary/aromatic N) is 2. The van der Waals surface area contributed by atoms with E-state index in [0.29, 0.717) is 0 Å². The summed E-state index contributed by atoms with van der Waals surface area (Å²) in [5, 5.41) is 4.50. The molecule has 2 heterocycles. The average Bonchev–Trinajstić information content (AvgIpc) is 3.31. The minimum Gasteiger partial charge on any atom is -0.302 e. The number of carbonyl (C=O) groups excluding carboxylic acids is 1. The first-order chi connectivity index (χ1) is 11.2. The van der Waals surface area contributed by atoms with Gasteiger partial charge in [0.2, 0.25) is 5.91 Å². The first kappa shape index (κ1) is 15.1. The maximum Gasteiger partial charge on any atom is 0.229 e. The van der Waals surface area contributed by atoms with E-state index < -0.39 is 0 Å². The number of hydrogen-bond donors (Lipinski definition) is 1. The van der Waals surface area contributed by atoms with Gasteiger partial charge >= 0.3 is 0 Å². The van der Waals surface area contributed by atoms with Crippen molar-refractivity contribution < 1.29 is 4.79 Å². The first-order valence-electron chi connectivity index (χ1n) is 7.93. The Balaban J connectivity index is 1.41. The monoisotopic (exact) mass is 347 g/mol. The second-order valence-corrected chi connectivity index (χ2v) is 7.76. The maximum absolute atomic E-state index is 11.9. The molecule has 120 valence electrons. The predicted octanol–water partition coefficient (Wildman–Crippen LogP) is 3.70. The molecule has 2 aliphatic rings. The van der Waals surface area contributed by atoms with Crippen LogP contribution in [-0.2, 0) is 24.3 Å². The van der Waals surface area contributed by atoms with Crippen LogP contribution in [0.3, 0.4) is 0 Å². The molecule has 23 heavy (non-hydrogen) atoms. The molecule has 4 nitrogen and oxygen atoms in total. The van der Waals surface area contributed by atoms with Gasteiger partial charge in [0, 0.05) is 41.9 Å². The van der Waals surface area contributed by atoms with E-state index in [2.05, 4.69) is 27.3 Å². The van der Waals surface area contributed by atoms with Gasteiger partial charge in [-0.3, -0.25) is 9.69 Å². The summed E-state index contributed by atoms with van der Waals surface area (Å²) in [6.07, 6.45) is 2.98. The Morgan fingerprint density at radius 2 is 2.13 bits per heavy atom. The van der Waals surface area contributed by atoms with E-state index in [1.54, 1.807) is 11.3 Å². The number of carbonyl (C=O) groups is 1. The summed E-state index contributed by atoms with van der Waals surface area (Å²) in [5.41, 5.74) is 2.41. The quantitative estimate of drug-likeness (QED) is 0.917. The first-order valence-corrected chi connectivity index (χ1v) is 9.13. The molecule has 1 amide bonds. The van der Waals surface area contributed by atoms with E-state index in [0.717, 1.165) is 54.7 Å². The van der Waals surface area contributed by atoms with Crippen molar-refractivity contribution in [2.24, 2.45) is 5.92 Å². The second-order valence-electron chi connectivity index (χ2n) is 6.24. The maximum atomic E-state index is 11.9. The third-order valence-corrected chi connectivity index (χ3v) is 5.56. The van der Waals surface area contributed by atoms with Crippen LogP contribution in [0.25, 0.3) is 0 Å². The van der Waals surface area contributed by atoms with E-state index in [1.807, 2.05) is 12.1 Å². The van der Waals surface area contributed by atoms with Crippen molar-refractivity contribution in [2.45, 2.75) is 32.4 Å². The largest absolute Gasteiger partial charge is 0.302 e. The molecule has 0 unspecified atom stereocenters. The van der Waals surface area contributed by atoms with Crippen LogP contribution in [0.4, 0.5) is 5.13 Å². The standard InChI is InChI=1S/C17H18ClN3OS/c18-13-5-1-11(2-6-13)9-21-8-7-14-15(10-21)23-17(19-14)20-16(22)12-3-4-12/h1-2,5-6,12H,3-4,7-10H2,(H,19,20,22). The van der Waals surface area contributed by atoms with E-state index in [1.165, 1.54) is 10.4 Å². The Morgan fingerprint density at radius 1 is 1.35 bits per heavy atom. The van der Waals surface area contributed by atoms with Gasteiger partial charge in [0.25, 0.3) is 0 Å². The molecule has 1 N–H and O–H groups in total. The molecule has 2 aromatic rings. The number of hydrogen-bond acceptors (Lipinski definition) is 4. The van der Waals surface area contributed by atoms with Crippen LogP contribution in [0.2, 0.25) is 5.02 Å². The Bertz CT molecular complexity index is 724. The molecule has 0 spiro atoms. The molecule has 1 aromatic heterocycles. The molecular weight excluding hydrogens is 330 g/mol. The van der Waals surface area contributed by atoms with Crippen molar-refractivity contribution in [1.82, 2.24) is 9.88 Å². The van der Waals surface area contributed by atoms with Gasteiger partial charge in [-0.1, -0.05) is 23.7 Å². The van der Waals surface area contributed by atoms with Crippen LogP contribution in [0.15, 0.2) is 24.3 Å². The summed E-state index contributed by atoms with van der Waals surface area (Å²) in [6, 6.07) is 8.02. The van der Waals surface area contributed by atoms with Crippen LogP contribution in [0.5, 0.6) is 0 Å². The van der Waals surface area contributed by atoms with Crippen molar-refractivity contribution >= 4 is 34.0 Å². The number of anilines is 1. The molecule has 0 bridgehead atoms.